The van der Waals surface area contributed by atoms with Crippen LogP contribution >= 0.6 is 11.6 Å². The Kier molecular flexibility index (Phi) is 4.11. The summed E-state index contributed by atoms with van der Waals surface area (Å²) in [6.45, 7) is 0. The Balaban J connectivity index is 1.98. The van der Waals surface area contributed by atoms with Crippen molar-refractivity contribution in [3.05, 3.63) is 71.3 Å². The normalized spacial score (nSPS) is 11.4. The van der Waals surface area contributed by atoms with Gasteiger partial charge in [-0.1, -0.05) is 48.0 Å². The Labute approximate surface area is 106 Å². The highest BCUT2D eigenvalue weighted by molar-refractivity contribution is 6.30. The maximum absolute atomic E-state index is 5.79. The van der Waals surface area contributed by atoms with Gasteiger partial charge in [0.1, 0.15) is 0 Å². The van der Waals surface area contributed by atoms with Crippen LogP contribution < -0.4 is 0 Å². The summed E-state index contributed by atoms with van der Waals surface area (Å²) in [6.07, 6.45) is 5.71. The van der Waals surface area contributed by atoms with Crippen LogP contribution in [0.1, 0.15) is 5.56 Å². The SMILES string of the molecule is Clc1ccc(/N=C/C=C/c2ccccc2)cc1. The van der Waals surface area contributed by atoms with Gasteiger partial charge in [-0.3, -0.25) is 4.99 Å². The average Bonchev–Trinajstić information content (AvgIpc) is 2.38. The van der Waals surface area contributed by atoms with E-state index < -0.39 is 0 Å². The van der Waals surface area contributed by atoms with Crippen LogP contribution in [0.2, 0.25) is 5.02 Å². The van der Waals surface area contributed by atoms with E-state index in [1.807, 2.05) is 66.7 Å². The summed E-state index contributed by atoms with van der Waals surface area (Å²) in [7, 11) is 0. The van der Waals surface area contributed by atoms with E-state index in [2.05, 4.69) is 4.99 Å². The smallest absolute Gasteiger partial charge is 0.0630 e. The zero-order valence-corrected chi connectivity index (χ0v) is 10.0. The summed E-state index contributed by atoms with van der Waals surface area (Å²) >= 11 is 5.79. The first-order chi connectivity index (χ1) is 8.34. The predicted molar refractivity (Wildman–Crippen MR) is 75.1 cm³/mol. The lowest BCUT2D eigenvalue weighted by atomic mass is 10.2. The van der Waals surface area contributed by atoms with Gasteiger partial charge in [-0.2, -0.15) is 0 Å². The van der Waals surface area contributed by atoms with Gasteiger partial charge in [-0.25, -0.2) is 0 Å². The lowest BCUT2D eigenvalue weighted by molar-refractivity contribution is 1.54. The highest BCUT2D eigenvalue weighted by Gasteiger charge is 1.87. The molecule has 0 saturated heterocycles. The highest BCUT2D eigenvalue weighted by Crippen LogP contribution is 2.15. The van der Waals surface area contributed by atoms with Gasteiger partial charge < -0.3 is 0 Å². The molecule has 0 N–H and O–H groups in total. The van der Waals surface area contributed by atoms with Crippen LogP contribution in [0.25, 0.3) is 6.08 Å². The van der Waals surface area contributed by atoms with Crippen molar-refractivity contribution in [2.24, 2.45) is 4.99 Å². The van der Waals surface area contributed by atoms with Crippen LogP contribution in [0.5, 0.6) is 0 Å². The topological polar surface area (TPSA) is 12.4 Å². The number of hydrogen-bond donors (Lipinski definition) is 0. The predicted octanol–water partition coefficient (Wildman–Crippen LogP) is 4.76. The molecule has 2 aromatic rings. The number of nitrogens with zero attached hydrogens (tertiary/aromatic N) is 1. The van der Waals surface area contributed by atoms with E-state index in [0.29, 0.717) is 0 Å². The second kappa shape index (κ2) is 6.02. The number of aliphatic imine (C=N–C) groups is 1. The van der Waals surface area contributed by atoms with Crippen LogP contribution in [0, 0.1) is 0 Å². The first-order valence-electron chi connectivity index (χ1n) is 5.36. The molecule has 0 aliphatic carbocycles. The minimum absolute atomic E-state index is 0.726. The number of halogens is 1. The number of hydrogen-bond acceptors (Lipinski definition) is 1. The largest absolute Gasteiger partial charge is 0.257 e. The molecule has 2 rings (SSSR count). The van der Waals surface area contributed by atoms with Crippen molar-refractivity contribution < 1.29 is 0 Å². The molecule has 0 aliphatic rings. The van der Waals surface area contributed by atoms with Crippen LogP contribution in [-0.4, -0.2) is 6.21 Å². The van der Waals surface area contributed by atoms with E-state index in [1.54, 1.807) is 6.21 Å². The zero-order valence-electron chi connectivity index (χ0n) is 9.25. The van der Waals surface area contributed by atoms with Crippen molar-refractivity contribution >= 4 is 29.6 Å². The Hall–Kier alpha value is -1.86. The van der Waals surface area contributed by atoms with Crippen molar-refractivity contribution in [3.63, 3.8) is 0 Å². The molecule has 17 heavy (non-hydrogen) atoms. The molecule has 2 aromatic carbocycles. The van der Waals surface area contributed by atoms with E-state index in [4.69, 9.17) is 11.6 Å². The molecule has 0 aliphatic heterocycles. The highest BCUT2D eigenvalue weighted by atomic mass is 35.5. The quantitative estimate of drug-likeness (QED) is 0.688. The molecule has 0 heterocycles. The number of allylic oxidation sites excluding steroid dienone is 1. The van der Waals surface area contributed by atoms with Crippen LogP contribution in [0.4, 0.5) is 5.69 Å². The fourth-order valence-corrected chi connectivity index (χ4v) is 1.50. The molecule has 0 fully saturated rings. The Morgan fingerprint density at radius 1 is 0.882 bits per heavy atom. The van der Waals surface area contributed by atoms with E-state index in [-0.39, 0.29) is 0 Å². The van der Waals surface area contributed by atoms with E-state index in [0.717, 1.165) is 16.3 Å². The van der Waals surface area contributed by atoms with Crippen LogP contribution in [0.3, 0.4) is 0 Å². The van der Waals surface area contributed by atoms with Gasteiger partial charge in [-0.15, -0.1) is 0 Å². The third-order valence-corrected chi connectivity index (χ3v) is 2.48. The fourth-order valence-electron chi connectivity index (χ4n) is 1.37. The molecule has 0 atom stereocenters. The summed E-state index contributed by atoms with van der Waals surface area (Å²) < 4.78 is 0. The molecule has 0 spiro atoms. The van der Waals surface area contributed by atoms with Gasteiger partial charge in [0.05, 0.1) is 5.69 Å². The molecular formula is C15H12ClN. The van der Waals surface area contributed by atoms with Gasteiger partial charge in [0.2, 0.25) is 0 Å². The third kappa shape index (κ3) is 3.89. The molecule has 0 saturated carbocycles. The first kappa shape index (κ1) is 11.6. The molecular weight excluding hydrogens is 230 g/mol. The lowest BCUT2D eigenvalue weighted by Crippen LogP contribution is -1.70. The average molecular weight is 242 g/mol. The maximum atomic E-state index is 5.79. The van der Waals surface area contributed by atoms with Crippen LogP contribution in [0.15, 0.2) is 65.7 Å². The number of rotatable bonds is 3. The van der Waals surface area contributed by atoms with Crippen molar-refractivity contribution in [2.75, 3.05) is 0 Å². The van der Waals surface area contributed by atoms with Crippen molar-refractivity contribution in [3.8, 4) is 0 Å². The molecule has 2 heteroatoms. The summed E-state index contributed by atoms with van der Waals surface area (Å²) in [5, 5.41) is 0.726. The molecule has 0 amide bonds. The van der Waals surface area contributed by atoms with Crippen molar-refractivity contribution in [2.45, 2.75) is 0 Å². The Morgan fingerprint density at radius 3 is 2.29 bits per heavy atom. The number of benzene rings is 2. The van der Waals surface area contributed by atoms with Gasteiger partial charge in [-0.05, 0) is 35.9 Å². The van der Waals surface area contributed by atoms with Crippen molar-refractivity contribution in [1.82, 2.24) is 0 Å². The molecule has 1 nitrogen and oxygen atoms in total. The zero-order chi connectivity index (χ0) is 11.9. The molecule has 0 unspecified atom stereocenters. The van der Waals surface area contributed by atoms with E-state index in [1.165, 1.54) is 0 Å². The van der Waals surface area contributed by atoms with Gasteiger partial charge in [0, 0.05) is 11.2 Å². The maximum Gasteiger partial charge on any atom is 0.0630 e. The first-order valence-corrected chi connectivity index (χ1v) is 5.74. The van der Waals surface area contributed by atoms with Gasteiger partial charge in [0.25, 0.3) is 0 Å². The van der Waals surface area contributed by atoms with Crippen molar-refractivity contribution in [1.29, 1.82) is 0 Å². The monoisotopic (exact) mass is 241 g/mol. The lowest BCUT2D eigenvalue weighted by Gasteiger charge is -1.92. The summed E-state index contributed by atoms with van der Waals surface area (Å²) in [5.74, 6) is 0. The Morgan fingerprint density at radius 2 is 1.59 bits per heavy atom. The second-order valence-electron chi connectivity index (χ2n) is 3.52. The van der Waals surface area contributed by atoms with Gasteiger partial charge in [0.15, 0.2) is 0 Å². The van der Waals surface area contributed by atoms with E-state index >= 15 is 0 Å². The Bertz CT molecular complexity index is 512. The van der Waals surface area contributed by atoms with Gasteiger partial charge >= 0.3 is 0 Å². The fraction of sp³-hybridized carbons (Fsp3) is 0. The third-order valence-electron chi connectivity index (χ3n) is 2.22. The molecule has 0 aromatic heterocycles. The molecule has 0 radical (unpaired) electrons. The minimum atomic E-state index is 0.726. The molecule has 0 bridgehead atoms. The second-order valence-corrected chi connectivity index (χ2v) is 3.96. The van der Waals surface area contributed by atoms with E-state index in [9.17, 15) is 0 Å². The standard InChI is InChI=1S/C15H12ClN/c16-14-8-10-15(11-9-14)17-12-4-7-13-5-2-1-3-6-13/h1-12H/b7-4+,17-12+. The minimum Gasteiger partial charge on any atom is -0.257 e. The van der Waals surface area contributed by atoms with Crippen LogP contribution in [-0.2, 0) is 0 Å². The molecule has 84 valence electrons. The summed E-state index contributed by atoms with van der Waals surface area (Å²) in [5.41, 5.74) is 2.06. The summed E-state index contributed by atoms with van der Waals surface area (Å²) in [6, 6.07) is 17.5. The summed E-state index contributed by atoms with van der Waals surface area (Å²) in [4.78, 5) is 4.29.